The van der Waals surface area contributed by atoms with E-state index >= 15 is 0 Å². The van der Waals surface area contributed by atoms with Gasteiger partial charge in [-0.1, -0.05) is 15.9 Å². The highest BCUT2D eigenvalue weighted by Crippen LogP contribution is 2.26. The molecule has 0 radical (unpaired) electrons. The number of rotatable bonds is 2. The van der Waals surface area contributed by atoms with Crippen LogP contribution in [0.5, 0.6) is 0 Å². The first-order chi connectivity index (χ1) is 6.56. The van der Waals surface area contributed by atoms with Crippen LogP contribution in [0.1, 0.15) is 22.8 Å². The van der Waals surface area contributed by atoms with Gasteiger partial charge >= 0.3 is 5.97 Å². The van der Waals surface area contributed by atoms with E-state index in [9.17, 15) is 4.79 Å². The molecule has 0 bridgehead atoms. The number of carbonyl (C=O) groups excluding carboxylic acids is 1. The molecule has 0 aliphatic carbocycles. The van der Waals surface area contributed by atoms with Gasteiger partial charge in [-0.25, -0.2) is 4.79 Å². The minimum atomic E-state index is -0.302. The van der Waals surface area contributed by atoms with Crippen molar-refractivity contribution in [3.63, 3.8) is 0 Å². The summed E-state index contributed by atoms with van der Waals surface area (Å²) in [6, 6.07) is 3.68. The van der Waals surface area contributed by atoms with Gasteiger partial charge in [0.2, 0.25) is 0 Å². The summed E-state index contributed by atoms with van der Waals surface area (Å²) in [5, 5.41) is 0. The van der Waals surface area contributed by atoms with Gasteiger partial charge in [0.1, 0.15) is 0 Å². The highest BCUT2D eigenvalue weighted by atomic mass is 79.9. The molecule has 14 heavy (non-hydrogen) atoms. The largest absolute Gasteiger partial charge is 0.462 e. The van der Waals surface area contributed by atoms with Crippen LogP contribution in [0.4, 0.5) is 0 Å². The highest BCUT2D eigenvalue weighted by molar-refractivity contribution is 9.11. The van der Waals surface area contributed by atoms with Gasteiger partial charge in [-0.2, -0.15) is 0 Å². The monoisotopic (exact) mass is 320 g/mol. The van der Waals surface area contributed by atoms with E-state index in [4.69, 9.17) is 4.74 Å². The zero-order chi connectivity index (χ0) is 10.7. The van der Waals surface area contributed by atoms with Crippen molar-refractivity contribution in [2.75, 3.05) is 6.61 Å². The molecule has 0 amide bonds. The van der Waals surface area contributed by atoms with Gasteiger partial charge in [-0.3, -0.25) is 0 Å². The smallest absolute Gasteiger partial charge is 0.339 e. The Kier molecular flexibility index (Phi) is 4.13. The maximum atomic E-state index is 11.5. The van der Waals surface area contributed by atoms with E-state index in [2.05, 4.69) is 31.9 Å². The lowest BCUT2D eigenvalue weighted by molar-refractivity contribution is 0.0525. The van der Waals surface area contributed by atoms with Crippen molar-refractivity contribution < 1.29 is 9.53 Å². The Bertz CT molecular complexity index is 361. The molecule has 4 heteroatoms. The third kappa shape index (κ3) is 2.58. The first-order valence-corrected chi connectivity index (χ1v) is 5.77. The van der Waals surface area contributed by atoms with Crippen molar-refractivity contribution in [1.29, 1.82) is 0 Å². The number of esters is 1. The molecule has 0 saturated heterocycles. The molecule has 0 fully saturated rings. The average molecular weight is 322 g/mol. The van der Waals surface area contributed by atoms with Gasteiger partial charge < -0.3 is 4.74 Å². The Balaban J connectivity index is 3.13. The number of benzene rings is 1. The van der Waals surface area contributed by atoms with Crippen molar-refractivity contribution in [3.05, 3.63) is 32.2 Å². The van der Waals surface area contributed by atoms with Gasteiger partial charge in [0.05, 0.1) is 12.2 Å². The first kappa shape index (κ1) is 11.7. The van der Waals surface area contributed by atoms with E-state index in [-0.39, 0.29) is 5.97 Å². The quantitative estimate of drug-likeness (QED) is 0.776. The molecule has 1 rings (SSSR count). The second-order valence-corrected chi connectivity index (χ2v) is 4.51. The van der Waals surface area contributed by atoms with Gasteiger partial charge in [-0.15, -0.1) is 0 Å². The third-order valence-corrected chi connectivity index (χ3v) is 3.23. The van der Waals surface area contributed by atoms with E-state index in [0.717, 1.165) is 14.5 Å². The molecular weight excluding hydrogens is 312 g/mol. The maximum Gasteiger partial charge on any atom is 0.339 e. The molecule has 0 atom stereocenters. The van der Waals surface area contributed by atoms with Crippen LogP contribution in [-0.2, 0) is 4.74 Å². The number of aryl methyl sites for hydroxylation is 1. The topological polar surface area (TPSA) is 26.3 Å². The molecule has 0 N–H and O–H groups in total. The van der Waals surface area contributed by atoms with Gasteiger partial charge in [0.15, 0.2) is 0 Å². The zero-order valence-corrected chi connectivity index (χ0v) is 11.1. The fraction of sp³-hybridized carbons (Fsp3) is 0.300. The second kappa shape index (κ2) is 4.94. The van der Waals surface area contributed by atoms with Crippen molar-refractivity contribution in [3.8, 4) is 0 Å². The van der Waals surface area contributed by atoms with E-state index in [1.54, 1.807) is 13.0 Å². The molecular formula is C10H10Br2O2. The Hall–Kier alpha value is -0.350. The van der Waals surface area contributed by atoms with Crippen LogP contribution in [0.15, 0.2) is 21.1 Å². The summed E-state index contributed by atoms with van der Waals surface area (Å²) in [5.41, 5.74) is 1.56. The number of hydrogen-bond donors (Lipinski definition) is 0. The van der Waals surface area contributed by atoms with Crippen LogP contribution in [0.3, 0.4) is 0 Å². The normalized spacial score (nSPS) is 10.0. The average Bonchev–Trinajstić information content (AvgIpc) is 2.11. The molecule has 1 aromatic rings. The summed E-state index contributed by atoms with van der Waals surface area (Å²) in [5.74, 6) is -0.302. The maximum absolute atomic E-state index is 11.5. The van der Waals surface area contributed by atoms with E-state index in [1.165, 1.54) is 0 Å². The predicted octanol–water partition coefficient (Wildman–Crippen LogP) is 3.70. The molecule has 0 heterocycles. The van der Waals surface area contributed by atoms with Crippen molar-refractivity contribution in [2.24, 2.45) is 0 Å². The third-order valence-electron chi connectivity index (χ3n) is 1.71. The molecule has 0 aliphatic rings. The van der Waals surface area contributed by atoms with Crippen LogP contribution in [0, 0.1) is 6.92 Å². The summed E-state index contributed by atoms with van der Waals surface area (Å²) in [6.07, 6.45) is 0. The van der Waals surface area contributed by atoms with Gasteiger partial charge in [0, 0.05) is 8.95 Å². The predicted molar refractivity (Wildman–Crippen MR) is 62.5 cm³/mol. The number of ether oxygens (including phenoxy) is 1. The molecule has 0 unspecified atom stereocenters. The van der Waals surface area contributed by atoms with Crippen molar-refractivity contribution >= 4 is 37.8 Å². The lowest BCUT2D eigenvalue weighted by atomic mass is 10.1. The molecule has 0 saturated carbocycles. The summed E-state index contributed by atoms with van der Waals surface area (Å²) < 4.78 is 6.60. The number of carbonyl (C=O) groups is 1. The molecule has 2 nitrogen and oxygen atoms in total. The Morgan fingerprint density at radius 2 is 2.07 bits per heavy atom. The Morgan fingerprint density at radius 1 is 1.43 bits per heavy atom. The lowest BCUT2D eigenvalue weighted by Gasteiger charge is -2.07. The summed E-state index contributed by atoms with van der Waals surface area (Å²) >= 11 is 6.70. The first-order valence-electron chi connectivity index (χ1n) is 4.19. The summed E-state index contributed by atoms with van der Waals surface area (Å²) in [6.45, 7) is 4.10. The fourth-order valence-corrected chi connectivity index (χ4v) is 2.05. The molecule has 0 aromatic heterocycles. The lowest BCUT2D eigenvalue weighted by Crippen LogP contribution is -2.06. The SMILES string of the molecule is CCOC(=O)c1cc(Br)cc(C)c1Br. The van der Waals surface area contributed by atoms with Crippen LogP contribution < -0.4 is 0 Å². The highest BCUT2D eigenvalue weighted by Gasteiger charge is 2.13. The van der Waals surface area contributed by atoms with Gasteiger partial charge in [0.25, 0.3) is 0 Å². The number of hydrogen-bond acceptors (Lipinski definition) is 2. The van der Waals surface area contributed by atoms with Crippen LogP contribution >= 0.6 is 31.9 Å². The van der Waals surface area contributed by atoms with Crippen molar-refractivity contribution in [2.45, 2.75) is 13.8 Å². The molecule has 76 valence electrons. The molecule has 0 aliphatic heterocycles. The fourth-order valence-electron chi connectivity index (χ4n) is 1.08. The number of halogens is 2. The summed E-state index contributed by atoms with van der Waals surface area (Å²) in [4.78, 5) is 11.5. The molecule has 0 spiro atoms. The Morgan fingerprint density at radius 3 is 2.64 bits per heavy atom. The second-order valence-electron chi connectivity index (χ2n) is 2.80. The molecule has 1 aromatic carbocycles. The standard InChI is InChI=1S/C10H10Br2O2/c1-3-14-10(13)8-5-7(11)4-6(2)9(8)12/h4-5H,3H2,1-2H3. The Labute approximate surface area is 99.9 Å². The minimum Gasteiger partial charge on any atom is -0.462 e. The van der Waals surface area contributed by atoms with E-state index in [1.807, 2.05) is 13.0 Å². The van der Waals surface area contributed by atoms with E-state index in [0.29, 0.717) is 12.2 Å². The summed E-state index contributed by atoms with van der Waals surface area (Å²) in [7, 11) is 0. The minimum absolute atomic E-state index is 0.302. The van der Waals surface area contributed by atoms with Crippen molar-refractivity contribution in [1.82, 2.24) is 0 Å². The van der Waals surface area contributed by atoms with Crippen LogP contribution in [0.25, 0.3) is 0 Å². The van der Waals surface area contributed by atoms with E-state index < -0.39 is 0 Å². The van der Waals surface area contributed by atoms with Gasteiger partial charge in [-0.05, 0) is 47.5 Å². The van der Waals surface area contributed by atoms with Crippen LogP contribution in [-0.4, -0.2) is 12.6 Å². The van der Waals surface area contributed by atoms with Crippen LogP contribution in [0.2, 0.25) is 0 Å². The zero-order valence-electron chi connectivity index (χ0n) is 7.93.